The molecule has 16 heavy (non-hydrogen) atoms. The molecule has 0 aliphatic rings. The Kier molecular flexibility index (Phi) is 10.7. The molecule has 0 radical (unpaired) electrons. The number of hydrogen-bond donors (Lipinski definition) is 4. The minimum Gasteiger partial charge on any atom is -0.377 e. The van der Waals surface area contributed by atoms with Gasteiger partial charge in [-0.1, -0.05) is 0 Å². The van der Waals surface area contributed by atoms with Crippen molar-refractivity contribution in [3.63, 3.8) is 0 Å². The Bertz CT molecular complexity index is 191. The second-order valence-corrected chi connectivity index (χ2v) is 6.82. The molecule has 0 unspecified atom stereocenters. The van der Waals surface area contributed by atoms with Crippen LogP contribution in [0.15, 0.2) is 0 Å². The zero-order valence-electron chi connectivity index (χ0n) is 9.62. The van der Waals surface area contributed by atoms with Gasteiger partial charge in [-0.2, -0.15) is 0 Å². The normalized spacial score (nSPS) is 11.9. The van der Waals surface area contributed by atoms with Crippen LogP contribution in [0.5, 0.6) is 0 Å². The summed E-state index contributed by atoms with van der Waals surface area (Å²) in [5.41, 5.74) is 5.36. The largest absolute Gasteiger partial charge is 0.500 e. The molecule has 0 aromatic carbocycles. The van der Waals surface area contributed by atoms with Gasteiger partial charge in [0.1, 0.15) is 0 Å². The van der Waals surface area contributed by atoms with E-state index in [1.54, 1.807) is 21.3 Å². The lowest BCUT2D eigenvalue weighted by Crippen LogP contribution is -2.42. The Labute approximate surface area is 95.9 Å². The van der Waals surface area contributed by atoms with Crippen molar-refractivity contribution in [2.75, 3.05) is 27.9 Å². The second kappa shape index (κ2) is 9.22. The van der Waals surface area contributed by atoms with Crippen molar-refractivity contribution < 1.29 is 32.5 Å². The van der Waals surface area contributed by atoms with Crippen LogP contribution < -0.4 is 5.73 Å². The maximum atomic E-state index is 8.88. The van der Waals surface area contributed by atoms with E-state index in [1.807, 2.05) is 0 Å². The van der Waals surface area contributed by atoms with Crippen molar-refractivity contribution in [2.24, 2.45) is 5.73 Å². The molecular formula is C6H20NO7PSi. The molecule has 0 saturated carbocycles. The fraction of sp³-hybridized carbons (Fsp3) is 1.00. The van der Waals surface area contributed by atoms with Crippen LogP contribution in [-0.2, 0) is 17.8 Å². The number of rotatable bonds is 6. The summed E-state index contributed by atoms with van der Waals surface area (Å²) >= 11 is 0. The molecule has 10 heteroatoms. The van der Waals surface area contributed by atoms with Gasteiger partial charge in [-0.3, -0.25) is 0 Å². The third-order valence-electron chi connectivity index (χ3n) is 1.62. The highest BCUT2D eigenvalue weighted by Gasteiger charge is 2.36. The van der Waals surface area contributed by atoms with E-state index < -0.39 is 16.6 Å². The summed E-state index contributed by atoms with van der Waals surface area (Å²) in [6.45, 7) is 0.644. The molecule has 0 aromatic rings. The third kappa shape index (κ3) is 12.2. The molecule has 0 spiro atoms. The molecule has 0 heterocycles. The third-order valence-corrected chi connectivity index (χ3v) is 4.45. The molecule has 0 rings (SSSR count). The smallest absolute Gasteiger partial charge is 0.377 e. The van der Waals surface area contributed by atoms with Crippen LogP contribution in [0.2, 0.25) is 6.04 Å². The summed E-state index contributed by atoms with van der Waals surface area (Å²) in [6.07, 6.45) is 0.877. The van der Waals surface area contributed by atoms with E-state index in [9.17, 15) is 0 Å². The average Bonchev–Trinajstić information content (AvgIpc) is 2.19. The molecular weight excluding hydrogens is 257 g/mol. The van der Waals surface area contributed by atoms with E-state index in [0.29, 0.717) is 6.54 Å². The summed E-state index contributed by atoms with van der Waals surface area (Å²) in [4.78, 5) is 21.6. The van der Waals surface area contributed by atoms with Gasteiger partial charge in [-0.05, 0) is 13.0 Å². The van der Waals surface area contributed by atoms with Crippen molar-refractivity contribution in [3.05, 3.63) is 0 Å². The van der Waals surface area contributed by atoms with Crippen molar-refractivity contribution in [3.8, 4) is 0 Å². The average molecular weight is 277 g/mol. The van der Waals surface area contributed by atoms with E-state index in [1.165, 1.54) is 0 Å². The highest BCUT2D eigenvalue weighted by atomic mass is 31.2. The van der Waals surface area contributed by atoms with E-state index in [2.05, 4.69) is 0 Å². The predicted molar refractivity (Wildman–Crippen MR) is 59.5 cm³/mol. The monoisotopic (exact) mass is 277 g/mol. The van der Waals surface area contributed by atoms with Crippen LogP contribution in [-0.4, -0.2) is 51.4 Å². The van der Waals surface area contributed by atoms with Crippen molar-refractivity contribution >= 4 is 16.6 Å². The minimum atomic E-state index is -4.64. The zero-order valence-corrected chi connectivity index (χ0v) is 11.5. The summed E-state index contributed by atoms with van der Waals surface area (Å²) in [7, 11) is -2.14. The molecule has 0 aromatic heterocycles. The highest BCUT2D eigenvalue weighted by molar-refractivity contribution is 7.45. The molecule has 0 saturated heterocycles. The van der Waals surface area contributed by atoms with Crippen molar-refractivity contribution in [1.82, 2.24) is 0 Å². The molecule has 5 N–H and O–H groups in total. The van der Waals surface area contributed by atoms with Crippen LogP contribution in [0.3, 0.4) is 0 Å². The number of nitrogens with two attached hydrogens (primary N) is 1. The SMILES string of the molecule is CO[Si](CCCN)(OC)OC.O=P(O)(O)O. The Morgan fingerprint density at radius 2 is 1.44 bits per heavy atom. The van der Waals surface area contributed by atoms with Crippen molar-refractivity contribution in [2.45, 2.75) is 12.5 Å². The summed E-state index contributed by atoms with van der Waals surface area (Å²) in [5, 5.41) is 0. The Hall–Kier alpha value is 0.167. The van der Waals surface area contributed by atoms with Gasteiger partial charge in [0.25, 0.3) is 0 Å². The van der Waals surface area contributed by atoms with E-state index in [-0.39, 0.29) is 0 Å². The van der Waals surface area contributed by atoms with E-state index >= 15 is 0 Å². The molecule has 0 amide bonds. The zero-order chi connectivity index (χ0) is 13.2. The van der Waals surface area contributed by atoms with Gasteiger partial charge < -0.3 is 33.7 Å². The first-order valence-electron chi connectivity index (χ1n) is 4.38. The first-order chi connectivity index (χ1) is 7.24. The van der Waals surface area contributed by atoms with E-state index in [4.69, 9.17) is 38.3 Å². The van der Waals surface area contributed by atoms with E-state index in [0.717, 1.165) is 12.5 Å². The second-order valence-electron chi connectivity index (χ2n) is 2.70. The minimum absolute atomic E-state index is 0.644. The van der Waals surface area contributed by atoms with Gasteiger partial charge in [0.05, 0.1) is 0 Å². The van der Waals surface area contributed by atoms with Crippen LogP contribution in [0.25, 0.3) is 0 Å². The predicted octanol–water partition coefficient (Wildman–Crippen LogP) is -0.715. The topological polar surface area (TPSA) is 131 Å². The molecule has 8 nitrogen and oxygen atoms in total. The Morgan fingerprint density at radius 3 is 1.62 bits per heavy atom. The van der Waals surface area contributed by atoms with Gasteiger partial charge in [0.2, 0.25) is 0 Å². The van der Waals surface area contributed by atoms with Gasteiger partial charge in [-0.25, -0.2) is 4.57 Å². The fourth-order valence-electron chi connectivity index (χ4n) is 0.875. The van der Waals surface area contributed by atoms with Gasteiger partial charge >= 0.3 is 16.6 Å². The molecule has 0 aliphatic carbocycles. The van der Waals surface area contributed by atoms with Crippen LogP contribution in [0, 0.1) is 0 Å². The molecule has 0 fully saturated rings. The lowest BCUT2D eigenvalue weighted by molar-refractivity contribution is 0.123. The maximum absolute atomic E-state index is 8.88. The quantitative estimate of drug-likeness (QED) is 0.369. The fourth-order valence-corrected chi connectivity index (χ4v) is 2.62. The summed E-state index contributed by atoms with van der Waals surface area (Å²) in [5.74, 6) is 0. The maximum Gasteiger partial charge on any atom is 0.500 e. The molecule has 0 bridgehead atoms. The first-order valence-corrected chi connectivity index (χ1v) is 7.88. The molecule has 0 atom stereocenters. The van der Waals surface area contributed by atoms with Gasteiger partial charge in [0, 0.05) is 27.4 Å². The van der Waals surface area contributed by atoms with Crippen LogP contribution in [0.1, 0.15) is 6.42 Å². The molecule has 0 aliphatic heterocycles. The van der Waals surface area contributed by atoms with Gasteiger partial charge in [0.15, 0.2) is 0 Å². The van der Waals surface area contributed by atoms with Crippen LogP contribution >= 0.6 is 7.82 Å². The summed E-state index contributed by atoms with van der Waals surface area (Å²) in [6, 6.07) is 0.785. The first kappa shape index (κ1) is 18.5. The standard InChI is InChI=1S/C6H17NO3Si.H3O4P/c1-8-11(9-2,10-3)6-4-5-7;1-5(2,3)4/h4-7H2,1-3H3;(H3,1,2,3,4). The summed E-state index contributed by atoms with van der Waals surface area (Å²) < 4.78 is 24.4. The lowest BCUT2D eigenvalue weighted by atomic mass is 10.5. The molecule has 100 valence electrons. The Morgan fingerprint density at radius 1 is 1.12 bits per heavy atom. The lowest BCUT2D eigenvalue weighted by Gasteiger charge is -2.23. The van der Waals surface area contributed by atoms with Crippen LogP contribution in [0.4, 0.5) is 0 Å². The number of hydrogen-bond acceptors (Lipinski definition) is 5. The highest BCUT2D eigenvalue weighted by Crippen LogP contribution is 2.25. The number of phosphoric acid groups is 1. The van der Waals surface area contributed by atoms with Crippen molar-refractivity contribution in [1.29, 1.82) is 0 Å². The van der Waals surface area contributed by atoms with Gasteiger partial charge in [-0.15, -0.1) is 0 Å². The Balaban J connectivity index is 0.